The maximum Gasteiger partial charge on any atom is 0.323 e. The predicted octanol–water partition coefficient (Wildman–Crippen LogP) is -0.239. The molecule has 0 aromatic heterocycles. The zero-order chi connectivity index (χ0) is 12.1. The second-order valence-electron chi connectivity index (χ2n) is 3.67. The van der Waals surface area contributed by atoms with E-state index < -0.39 is 23.5 Å². The lowest BCUT2D eigenvalue weighted by Crippen LogP contribution is -2.53. The summed E-state index contributed by atoms with van der Waals surface area (Å²) in [4.78, 5) is 20.0. The molecular formula is C9H18N2O4. The molecule has 0 radical (unpaired) electrons. The van der Waals surface area contributed by atoms with E-state index in [9.17, 15) is 9.59 Å². The summed E-state index contributed by atoms with van der Waals surface area (Å²) in [5, 5.41) is 16.4. The second kappa shape index (κ2) is 5.67. The summed E-state index contributed by atoms with van der Waals surface area (Å²) < 4.78 is 0. The Morgan fingerprint density at radius 3 is 1.87 bits per heavy atom. The Morgan fingerprint density at radius 2 is 1.87 bits per heavy atom. The third-order valence-corrected chi connectivity index (χ3v) is 2.43. The van der Waals surface area contributed by atoms with Crippen LogP contribution in [0.15, 0.2) is 0 Å². The van der Waals surface area contributed by atoms with Gasteiger partial charge < -0.3 is 21.7 Å². The van der Waals surface area contributed by atoms with Gasteiger partial charge in [0.2, 0.25) is 0 Å². The molecule has 1 atom stereocenters. The summed E-state index contributed by atoms with van der Waals surface area (Å²) >= 11 is 0. The average Bonchev–Trinajstić information content (AvgIpc) is 2.13. The molecule has 0 aromatic carbocycles. The lowest BCUT2D eigenvalue weighted by atomic mass is 9.78. The van der Waals surface area contributed by atoms with Crippen LogP contribution in [0.1, 0.15) is 32.6 Å². The minimum atomic E-state index is -0.928. The quantitative estimate of drug-likeness (QED) is 0.517. The van der Waals surface area contributed by atoms with E-state index in [1.54, 1.807) is 6.92 Å². The number of hydrogen-bond acceptors (Lipinski definition) is 4. The van der Waals surface area contributed by atoms with Crippen molar-refractivity contribution in [1.29, 1.82) is 0 Å². The molecule has 1 rings (SSSR count). The van der Waals surface area contributed by atoms with Gasteiger partial charge in [0.15, 0.2) is 0 Å². The second-order valence-corrected chi connectivity index (χ2v) is 3.67. The number of carboxylic acids is 2. The number of hydrogen-bond donors (Lipinski definition) is 4. The summed E-state index contributed by atoms with van der Waals surface area (Å²) in [5.41, 5.74) is 9.50. The Kier molecular flexibility index (Phi) is 5.24. The molecule has 6 heteroatoms. The zero-order valence-corrected chi connectivity index (χ0v) is 8.77. The first-order valence-electron chi connectivity index (χ1n) is 4.84. The molecule has 0 spiro atoms. The third kappa shape index (κ3) is 4.26. The maximum absolute atomic E-state index is 10.2. The minimum absolute atomic E-state index is 0.495. The van der Waals surface area contributed by atoms with Crippen molar-refractivity contribution in [2.45, 2.75) is 44.2 Å². The van der Waals surface area contributed by atoms with Gasteiger partial charge in [-0.15, -0.1) is 0 Å². The lowest BCUT2D eigenvalue weighted by molar-refractivity contribution is -0.146. The fourth-order valence-electron chi connectivity index (χ4n) is 0.946. The molecule has 0 saturated heterocycles. The van der Waals surface area contributed by atoms with Gasteiger partial charge in [0.05, 0.1) is 0 Å². The van der Waals surface area contributed by atoms with Crippen LogP contribution in [0.5, 0.6) is 0 Å². The van der Waals surface area contributed by atoms with Crippen molar-refractivity contribution in [3.8, 4) is 0 Å². The number of nitrogens with two attached hydrogens (primary N) is 2. The van der Waals surface area contributed by atoms with Gasteiger partial charge in [0.1, 0.15) is 11.6 Å². The molecule has 0 aliphatic heterocycles. The van der Waals surface area contributed by atoms with E-state index in [-0.39, 0.29) is 0 Å². The highest BCUT2D eigenvalue weighted by Crippen LogP contribution is 2.28. The van der Waals surface area contributed by atoms with Crippen LogP contribution >= 0.6 is 0 Å². The van der Waals surface area contributed by atoms with Crippen LogP contribution in [0.4, 0.5) is 0 Å². The van der Waals surface area contributed by atoms with Crippen molar-refractivity contribution in [1.82, 2.24) is 0 Å². The SMILES string of the molecule is CCC(N)C(=O)O.NC1(C(=O)O)CCC1. The molecule has 1 aliphatic carbocycles. The van der Waals surface area contributed by atoms with Crippen molar-refractivity contribution < 1.29 is 19.8 Å². The van der Waals surface area contributed by atoms with Crippen molar-refractivity contribution >= 4 is 11.9 Å². The first-order chi connectivity index (χ1) is 6.83. The first kappa shape index (κ1) is 13.9. The van der Waals surface area contributed by atoms with Crippen LogP contribution in [0.2, 0.25) is 0 Å². The molecule has 6 nitrogen and oxygen atoms in total. The normalized spacial score (nSPS) is 19.1. The molecule has 88 valence electrons. The smallest absolute Gasteiger partial charge is 0.323 e. The number of carbonyl (C=O) groups is 2. The minimum Gasteiger partial charge on any atom is -0.480 e. The number of carboxylic acid groups (broad SMARTS) is 2. The molecule has 0 bridgehead atoms. The van der Waals surface area contributed by atoms with Crippen LogP contribution in [-0.2, 0) is 9.59 Å². The Labute approximate surface area is 88.3 Å². The highest BCUT2D eigenvalue weighted by molar-refractivity contribution is 5.79. The molecule has 0 aromatic rings. The van der Waals surface area contributed by atoms with Gasteiger partial charge >= 0.3 is 11.9 Å². The molecule has 0 amide bonds. The number of aliphatic carboxylic acids is 2. The van der Waals surface area contributed by atoms with Crippen molar-refractivity contribution in [2.75, 3.05) is 0 Å². The fraction of sp³-hybridized carbons (Fsp3) is 0.778. The fourth-order valence-corrected chi connectivity index (χ4v) is 0.946. The molecular weight excluding hydrogens is 200 g/mol. The molecule has 15 heavy (non-hydrogen) atoms. The Balaban J connectivity index is 0.000000265. The van der Waals surface area contributed by atoms with Gasteiger partial charge in [-0.05, 0) is 25.7 Å². The Hall–Kier alpha value is -1.14. The molecule has 1 fully saturated rings. The van der Waals surface area contributed by atoms with Gasteiger partial charge in [-0.1, -0.05) is 6.92 Å². The summed E-state index contributed by atoms with van der Waals surface area (Å²) in [7, 11) is 0. The van der Waals surface area contributed by atoms with Gasteiger partial charge in [0.25, 0.3) is 0 Å². The van der Waals surface area contributed by atoms with Crippen molar-refractivity contribution in [3.63, 3.8) is 0 Å². The molecule has 1 saturated carbocycles. The highest BCUT2D eigenvalue weighted by Gasteiger charge is 2.39. The summed E-state index contributed by atoms with van der Waals surface area (Å²) in [6, 6.07) is -0.681. The zero-order valence-electron chi connectivity index (χ0n) is 8.77. The predicted molar refractivity (Wildman–Crippen MR) is 54.3 cm³/mol. The van der Waals surface area contributed by atoms with Gasteiger partial charge in [0, 0.05) is 0 Å². The largest absolute Gasteiger partial charge is 0.480 e. The molecule has 6 N–H and O–H groups in total. The van der Waals surface area contributed by atoms with E-state index in [4.69, 9.17) is 21.7 Å². The highest BCUT2D eigenvalue weighted by atomic mass is 16.4. The van der Waals surface area contributed by atoms with Gasteiger partial charge in [-0.25, -0.2) is 0 Å². The van der Waals surface area contributed by atoms with Gasteiger partial charge in [-0.3, -0.25) is 9.59 Å². The average molecular weight is 218 g/mol. The first-order valence-corrected chi connectivity index (χ1v) is 4.84. The van der Waals surface area contributed by atoms with E-state index in [2.05, 4.69) is 0 Å². The number of rotatable bonds is 3. The summed E-state index contributed by atoms with van der Waals surface area (Å²) in [6.07, 6.45) is 2.74. The Bertz CT molecular complexity index is 238. The van der Waals surface area contributed by atoms with Gasteiger partial charge in [-0.2, -0.15) is 0 Å². The standard InChI is InChI=1S/C5H9NO2.C4H9NO2/c6-5(4(7)8)2-1-3-5;1-2-3(5)4(6)7/h1-3,6H2,(H,7,8);3H,2,5H2,1H3,(H,6,7). The van der Waals surface area contributed by atoms with Crippen LogP contribution < -0.4 is 11.5 Å². The van der Waals surface area contributed by atoms with Crippen molar-refractivity contribution in [2.24, 2.45) is 11.5 Å². The van der Waals surface area contributed by atoms with Crippen LogP contribution in [0, 0.1) is 0 Å². The van der Waals surface area contributed by atoms with E-state index in [0.717, 1.165) is 6.42 Å². The third-order valence-electron chi connectivity index (χ3n) is 2.43. The molecule has 1 unspecified atom stereocenters. The van der Waals surface area contributed by atoms with Crippen LogP contribution in [0.25, 0.3) is 0 Å². The maximum atomic E-state index is 10.2. The monoisotopic (exact) mass is 218 g/mol. The summed E-state index contributed by atoms with van der Waals surface area (Å²) in [6.45, 7) is 1.73. The topological polar surface area (TPSA) is 127 Å². The molecule has 0 heterocycles. The van der Waals surface area contributed by atoms with E-state index in [0.29, 0.717) is 19.3 Å². The van der Waals surface area contributed by atoms with Crippen LogP contribution in [0.3, 0.4) is 0 Å². The van der Waals surface area contributed by atoms with Crippen LogP contribution in [-0.4, -0.2) is 33.7 Å². The van der Waals surface area contributed by atoms with E-state index >= 15 is 0 Å². The van der Waals surface area contributed by atoms with E-state index in [1.807, 2.05) is 0 Å². The van der Waals surface area contributed by atoms with E-state index in [1.165, 1.54) is 0 Å². The van der Waals surface area contributed by atoms with Crippen molar-refractivity contribution in [3.05, 3.63) is 0 Å². The summed E-state index contributed by atoms with van der Waals surface area (Å²) in [5.74, 6) is -1.79. The Morgan fingerprint density at radius 1 is 1.40 bits per heavy atom. The molecule has 1 aliphatic rings. The lowest BCUT2D eigenvalue weighted by Gasteiger charge is -2.32.